The first-order chi connectivity index (χ1) is 11.6. The van der Waals surface area contributed by atoms with E-state index in [0.717, 1.165) is 22.5 Å². The maximum atomic E-state index is 12.2. The molecule has 0 bridgehead atoms. The van der Waals surface area contributed by atoms with Gasteiger partial charge in [0.1, 0.15) is 6.61 Å². The van der Waals surface area contributed by atoms with Crippen LogP contribution < -0.4 is 5.73 Å². The number of ether oxygens (including phenoxy) is 1. The summed E-state index contributed by atoms with van der Waals surface area (Å²) in [4.78, 5) is 26.7. The molecule has 0 spiro atoms. The van der Waals surface area contributed by atoms with E-state index in [2.05, 4.69) is 4.98 Å². The zero-order chi connectivity index (χ0) is 17.1. The number of para-hydroxylation sites is 1. The van der Waals surface area contributed by atoms with Gasteiger partial charge >= 0.3 is 5.97 Å². The van der Waals surface area contributed by atoms with Crippen molar-refractivity contribution in [1.29, 1.82) is 0 Å². The Morgan fingerprint density at radius 2 is 2.00 bits per heavy atom. The van der Waals surface area contributed by atoms with Crippen LogP contribution in [0.4, 0.5) is 11.4 Å². The van der Waals surface area contributed by atoms with Crippen molar-refractivity contribution < 1.29 is 14.5 Å². The van der Waals surface area contributed by atoms with Gasteiger partial charge in [0.25, 0.3) is 5.69 Å². The molecule has 24 heavy (non-hydrogen) atoms. The molecular weight excluding hydrogens is 310 g/mol. The molecule has 0 saturated carbocycles. The number of pyridine rings is 1. The standard InChI is InChI=1S/C17H13N3O4/c18-15-7-6-13(20(22)23)9-14(15)17(21)24-10-12-4-1-3-11-5-2-8-19-16(11)12/h1-9H,10,18H2. The summed E-state index contributed by atoms with van der Waals surface area (Å²) in [5.41, 5.74) is 7.07. The van der Waals surface area contributed by atoms with E-state index in [4.69, 9.17) is 10.5 Å². The van der Waals surface area contributed by atoms with Gasteiger partial charge in [0.15, 0.2) is 0 Å². The number of fused-ring (bicyclic) bond motifs is 1. The molecule has 2 aromatic carbocycles. The average Bonchev–Trinajstić information content (AvgIpc) is 2.59. The summed E-state index contributed by atoms with van der Waals surface area (Å²) in [6, 6.07) is 12.9. The van der Waals surface area contributed by atoms with Crippen LogP contribution in [0.25, 0.3) is 10.9 Å². The number of aromatic nitrogens is 1. The summed E-state index contributed by atoms with van der Waals surface area (Å²) in [6.45, 7) is -0.00464. The highest BCUT2D eigenvalue weighted by Crippen LogP contribution is 2.22. The summed E-state index contributed by atoms with van der Waals surface area (Å²) >= 11 is 0. The molecule has 3 rings (SSSR count). The Hall–Kier alpha value is -3.48. The van der Waals surface area contributed by atoms with Crippen LogP contribution in [0.2, 0.25) is 0 Å². The van der Waals surface area contributed by atoms with Crippen LogP contribution in [0.5, 0.6) is 0 Å². The lowest BCUT2D eigenvalue weighted by Gasteiger charge is -2.08. The third-order valence-electron chi connectivity index (χ3n) is 3.54. The van der Waals surface area contributed by atoms with Gasteiger partial charge in [0, 0.05) is 35.0 Å². The number of nitrogen functional groups attached to an aromatic ring is 1. The quantitative estimate of drug-likeness (QED) is 0.342. The Labute approximate surface area is 136 Å². The zero-order valence-electron chi connectivity index (χ0n) is 12.5. The van der Waals surface area contributed by atoms with Gasteiger partial charge in [-0.3, -0.25) is 15.1 Å². The SMILES string of the molecule is Nc1ccc([N+](=O)[O-])cc1C(=O)OCc1cccc2cccnc12. The highest BCUT2D eigenvalue weighted by molar-refractivity contribution is 5.96. The summed E-state index contributed by atoms with van der Waals surface area (Å²) in [7, 11) is 0. The fourth-order valence-electron chi connectivity index (χ4n) is 2.34. The maximum Gasteiger partial charge on any atom is 0.340 e. The Morgan fingerprint density at radius 3 is 2.79 bits per heavy atom. The minimum Gasteiger partial charge on any atom is -0.457 e. The van der Waals surface area contributed by atoms with Crippen LogP contribution in [0.15, 0.2) is 54.7 Å². The first kappa shape index (κ1) is 15.4. The number of rotatable bonds is 4. The highest BCUT2D eigenvalue weighted by atomic mass is 16.6. The van der Waals surface area contributed by atoms with Gasteiger partial charge < -0.3 is 10.5 Å². The molecule has 7 nitrogen and oxygen atoms in total. The van der Waals surface area contributed by atoms with E-state index < -0.39 is 10.9 Å². The van der Waals surface area contributed by atoms with Gasteiger partial charge in [-0.15, -0.1) is 0 Å². The van der Waals surface area contributed by atoms with Crippen LogP contribution in [-0.2, 0) is 11.3 Å². The molecule has 1 aromatic heterocycles. The lowest BCUT2D eigenvalue weighted by atomic mass is 10.1. The average molecular weight is 323 g/mol. The maximum absolute atomic E-state index is 12.2. The van der Waals surface area contributed by atoms with Crippen LogP contribution >= 0.6 is 0 Å². The second-order valence-corrected chi connectivity index (χ2v) is 5.10. The number of nitrogens with two attached hydrogens (primary N) is 1. The first-order valence-corrected chi connectivity index (χ1v) is 7.10. The fraction of sp³-hybridized carbons (Fsp3) is 0.0588. The number of nitrogens with zero attached hydrogens (tertiary/aromatic N) is 2. The molecule has 0 aliphatic carbocycles. The largest absolute Gasteiger partial charge is 0.457 e. The summed E-state index contributed by atoms with van der Waals surface area (Å²) in [6.07, 6.45) is 1.66. The molecular formula is C17H13N3O4. The van der Waals surface area contributed by atoms with Gasteiger partial charge in [0.05, 0.1) is 16.0 Å². The Kier molecular flexibility index (Phi) is 4.07. The number of nitro benzene ring substituents is 1. The van der Waals surface area contributed by atoms with Crippen molar-refractivity contribution in [1.82, 2.24) is 4.98 Å². The van der Waals surface area contributed by atoms with Crippen molar-refractivity contribution in [3.63, 3.8) is 0 Å². The Morgan fingerprint density at radius 1 is 1.21 bits per heavy atom. The second kappa shape index (κ2) is 6.33. The summed E-state index contributed by atoms with van der Waals surface area (Å²) in [5.74, 6) is -0.718. The topological polar surface area (TPSA) is 108 Å². The molecule has 0 aliphatic heterocycles. The predicted molar refractivity (Wildman–Crippen MR) is 88.4 cm³/mol. The van der Waals surface area contributed by atoms with E-state index in [0.29, 0.717) is 0 Å². The number of hydrogen-bond acceptors (Lipinski definition) is 6. The van der Waals surface area contributed by atoms with E-state index in [1.807, 2.05) is 24.3 Å². The second-order valence-electron chi connectivity index (χ2n) is 5.10. The summed E-state index contributed by atoms with van der Waals surface area (Å²) < 4.78 is 5.26. The Bertz CT molecular complexity index is 935. The molecule has 0 fully saturated rings. The molecule has 2 N–H and O–H groups in total. The molecule has 0 amide bonds. The third-order valence-corrected chi connectivity index (χ3v) is 3.54. The van der Waals surface area contributed by atoms with Crippen LogP contribution in [0.1, 0.15) is 15.9 Å². The van der Waals surface area contributed by atoms with E-state index in [-0.39, 0.29) is 23.5 Å². The van der Waals surface area contributed by atoms with Gasteiger partial charge in [0.2, 0.25) is 0 Å². The van der Waals surface area contributed by atoms with Gasteiger partial charge in [-0.25, -0.2) is 4.79 Å². The number of carbonyl (C=O) groups is 1. The molecule has 0 radical (unpaired) electrons. The predicted octanol–water partition coefficient (Wildman–Crippen LogP) is 3.08. The minimum atomic E-state index is -0.718. The third kappa shape index (κ3) is 3.00. The number of carbonyl (C=O) groups excluding carboxylic acids is 1. The van der Waals surface area contributed by atoms with E-state index in [1.165, 1.54) is 12.1 Å². The normalized spacial score (nSPS) is 10.5. The lowest BCUT2D eigenvalue weighted by Crippen LogP contribution is -2.09. The number of non-ortho nitro benzene ring substituents is 1. The van der Waals surface area contributed by atoms with Crippen LogP contribution in [0, 0.1) is 10.1 Å². The van der Waals surface area contributed by atoms with Crippen molar-refractivity contribution in [2.45, 2.75) is 6.61 Å². The number of hydrogen-bond donors (Lipinski definition) is 1. The minimum absolute atomic E-state index is 0.00464. The van der Waals surface area contributed by atoms with Crippen molar-refractivity contribution in [3.05, 3.63) is 76.0 Å². The smallest absolute Gasteiger partial charge is 0.340 e. The first-order valence-electron chi connectivity index (χ1n) is 7.10. The van der Waals surface area contributed by atoms with Gasteiger partial charge in [-0.1, -0.05) is 24.3 Å². The zero-order valence-corrected chi connectivity index (χ0v) is 12.5. The summed E-state index contributed by atoms with van der Waals surface area (Å²) in [5, 5.41) is 11.7. The molecule has 0 saturated heterocycles. The number of nitro groups is 1. The van der Waals surface area contributed by atoms with Crippen molar-refractivity contribution in [3.8, 4) is 0 Å². The van der Waals surface area contributed by atoms with Gasteiger partial charge in [-0.05, 0) is 12.1 Å². The van der Waals surface area contributed by atoms with E-state index in [1.54, 1.807) is 12.3 Å². The number of esters is 1. The number of benzene rings is 2. The number of anilines is 1. The molecule has 120 valence electrons. The van der Waals surface area contributed by atoms with Crippen molar-refractivity contribution in [2.75, 3.05) is 5.73 Å². The highest BCUT2D eigenvalue weighted by Gasteiger charge is 2.17. The fourth-order valence-corrected chi connectivity index (χ4v) is 2.34. The van der Waals surface area contributed by atoms with E-state index in [9.17, 15) is 14.9 Å². The molecule has 0 aliphatic rings. The molecule has 7 heteroatoms. The molecule has 1 heterocycles. The molecule has 3 aromatic rings. The van der Waals surface area contributed by atoms with Crippen molar-refractivity contribution >= 4 is 28.2 Å². The molecule has 0 atom stereocenters. The van der Waals surface area contributed by atoms with E-state index >= 15 is 0 Å². The molecule has 0 unspecified atom stereocenters. The van der Waals surface area contributed by atoms with Crippen LogP contribution in [0.3, 0.4) is 0 Å². The van der Waals surface area contributed by atoms with Crippen molar-refractivity contribution in [2.24, 2.45) is 0 Å². The lowest BCUT2D eigenvalue weighted by molar-refractivity contribution is -0.384. The van der Waals surface area contributed by atoms with Gasteiger partial charge in [-0.2, -0.15) is 0 Å². The Balaban J connectivity index is 1.83. The monoisotopic (exact) mass is 323 g/mol. The van der Waals surface area contributed by atoms with Crippen LogP contribution in [-0.4, -0.2) is 15.9 Å².